The Bertz CT molecular complexity index is 1660. The lowest BCUT2D eigenvalue weighted by Crippen LogP contribution is -2.48. The van der Waals surface area contributed by atoms with Gasteiger partial charge in [0.2, 0.25) is 0 Å². The molecule has 0 unspecified atom stereocenters. The highest BCUT2D eigenvalue weighted by molar-refractivity contribution is 7.07. The van der Waals surface area contributed by atoms with E-state index in [0.717, 1.165) is 11.1 Å². The van der Waals surface area contributed by atoms with Gasteiger partial charge in [-0.25, -0.2) is 29.1 Å². The average molecular weight is 739 g/mol. The average Bonchev–Trinajstić information content (AvgIpc) is 3.78. The lowest BCUT2D eigenvalue weighted by Gasteiger charge is -2.31. The topological polar surface area (TPSA) is 148 Å². The lowest BCUT2D eigenvalue weighted by molar-refractivity contribution is -0.147. The highest BCUT2D eigenvalue weighted by Crippen LogP contribution is 2.21. The molecule has 274 valence electrons. The van der Waals surface area contributed by atoms with Gasteiger partial charge in [0.05, 0.1) is 42.6 Å². The predicted octanol–water partition coefficient (Wildman–Crippen LogP) is 7.24. The van der Waals surface area contributed by atoms with Crippen molar-refractivity contribution in [1.29, 1.82) is 0 Å². The molecule has 2 aromatic heterocycles. The normalized spacial score (nSPS) is 12.4. The second-order valence-corrected chi connectivity index (χ2v) is 14.9. The Morgan fingerprint density at radius 3 is 1.41 bits per heavy atom. The molecule has 0 spiro atoms. The molecular formula is C37H46N4O8S2. The third kappa shape index (κ3) is 14.1. The maximum Gasteiger partial charge on any atom is 0.411 e. The molecule has 0 saturated carbocycles. The number of carbonyl (C=O) groups is 4. The molecule has 14 heteroatoms. The fraction of sp³-hybridized carbons (Fsp3) is 0.405. The summed E-state index contributed by atoms with van der Waals surface area (Å²) in [5, 5.41) is 13.3. The van der Waals surface area contributed by atoms with Gasteiger partial charge in [-0.1, -0.05) is 60.7 Å². The van der Waals surface area contributed by atoms with Crippen LogP contribution in [0.25, 0.3) is 0 Å². The van der Waals surface area contributed by atoms with Crippen molar-refractivity contribution in [3.63, 3.8) is 0 Å². The van der Waals surface area contributed by atoms with Gasteiger partial charge >= 0.3 is 24.1 Å². The van der Waals surface area contributed by atoms with Crippen molar-refractivity contribution in [2.24, 2.45) is 0 Å². The number of hydrogen-bond donors (Lipinski definition) is 1. The van der Waals surface area contributed by atoms with Crippen LogP contribution in [0, 0.1) is 0 Å². The number of rotatable bonds is 12. The summed E-state index contributed by atoms with van der Waals surface area (Å²) in [5.41, 5.74) is 5.04. The maximum atomic E-state index is 12.8. The first kappa shape index (κ1) is 40.6. The molecule has 0 fully saturated rings. The monoisotopic (exact) mass is 738 g/mol. The highest BCUT2D eigenvalue weighted by atomic mass is 32.1. The zero-order valence-corrected chi connectivity index (χ0v) is 31.6. The number of carboxylic acids is 1. The largest absolute Gasteiger partial charge is 0.480 e. The second-order valence-electron chi connectivity index (χ2n) is 13.4. The number of aromatic nitrogens is 2. The number of carboxylic acid groups (broad SMARTS) is 1. The van der Waals surface area contributed by atoms with Crippen LogP contribution in [-0.2, 0) is 49.7 Å². The van der Waals surface area contributed by atoms with Crippen LogP contribution in [0.1, 0.15) is 64.1 Å². The van der Waals surface area contributed by atoms with Crippen molar-refractivity contribution < 1.29 is 38.5 Å². The minimum Gasteiger partial charge on any atom is -0.480 e. The number of esters is 1. The quantitative estimate of drug-likeness (QED) is 0.116. The number of carbonyl (C=O) groups excluding carboxylic acids is 3. The van der Waals surface area contributed by atoms with Crippen LogP contribution >= 0.6 is 22.7 Å². The van der Waals surface area contributed by atoms with Crippen molar-refractivity contribution in [2.75, 3.05) is 7.11 Å². The number of methoxy groups -OCH3 is 1. The SMILES string of the molecule is CC(C)(C)OC(=O)N(Cc1cscn1)[C@@H](Cc1ccccc1)C(=O)O.COC(=O)[C@H](Cc1ccccc1)N(Cc1cscn1)C(=O)OC(C)(C)C. The van der Waals surface area contributed by atoms with E-state index in [1.165, 1.54) is 39.6 Å². The van der Waals surface area contributed by atoms with E-state index in [4.69, 9.17) is 14.2 Å². The first-order chi connectivity index (χ1) is 24.1. The molecule has 12 nitrogen and oxygen atoms in total. The fourth-order valence-electron chi connectivity index (χ4n) is 4.69. The van der Waals surface area contributed by atoms with Gasteiger partial charge in [0.15, 0.2) is 0 Å². The van der Waals surface area contributed by atoms with Crippen LogP contribution in [0.15, 0.2) is 82.4 Å². The number of nitrogens with zero attached hydrogens (tertiary/aromatic N) is 4. The predicted molar refractivity (Wildman–Crippen MR) is 195 cm³/mol. The van der Waals surface area contributed by atoms with E-state index in [9.17, 15) is 24.3 Å². The summed E-state index contributed by atoms with van der Waals surface area (Å²) in [6.45, 7) is 10.9. The zero-order chi connectivity index (χ0) is 37.6. The van der Waals surface area contributed by atoms with E-state index in [2.05, 4.69) is 9.97 Å². The van der Waals surface area contributed by atoms with Crippen molar-refractivity contribution >= 4 is 46.8 Å². The van der Waals surface area contributed by atoms with Crippen molar-refractivity contribution in [3.05, 3.63) is 105 Å². The van der Waals surface area contributed by atoms with Crippen molar-refractivity contribution in [3.8, 4) is 0 Å². The standard InChI is InChI=1S/C19H24N2O4S.C18H22N2O4S/c1-19(2,3)25-18(23)21(11-15-12-26-13-20-15)16(17(22)24-4)10-14-8-6-5-7-9-14;1-18(2,3)24-17(23)20(10-14-11-25-12-19-14)15(16(21)22)9-13-7-5-4-6-8-13/h5-9,12-13,16H,10-11H2,1-4H3;4-8,11-12,15H,9-10H2,1-3H3,(H,21,22)/t16-;15-/m00/s1. The van der Waals surface area contributed by atoms with Gasteiger partial charge in [-0.05, 0) is 52.7 Å². The Hall–Kier alpha value is -4.82. The molecule has 4 aromatic rings. The van der Waals surface area contributed by atoms with Gasteiger partial charge in [0.25, 0.3) is 0 Å². The van der Waals surface area contributed by atoms with Crippen molar-refractivity contribution in [2.45, 2.75) is 90.8 Å². The Labute approximate surface area is 307 Å². The van der Waals surface area contributed by atoms with E-state index >= 15 is 0 Å². The van der Waals surface area contributed by atoms with Crippen LogP contribution in [0.2, 0.25) is 0 Å². The summed E-state index contributed by atoms with van der Waals surface area (Å²) in [5.74, 6) is -1.57. The van der Waals surface area contributed by atoms with E-state index in [-0.39, 0.29) is 19.5 Å². The molecule has 0 saturated heterocycles. The smallest absolute Gasteiger partial charge is 0.411 e. The van der Waals surface area contributed by atoms with E-state index in [1.54, 1.807) is 57.9 Å². The van der Waals surface area contributed by atoms with Gasteiger partial charge in [0, 0.05) is 23.6 Å². The van der Waals surface area contributed by atoms with Gasteiger partial charge < -0.3 is 19.3 Å². The molecule has 0 aliphatic rings. The fourth-order valence-corrected chi connectivity index (χ4v) is 5.79. The third-order valence-corrected chi connectivity index (χ3v) is 8.21. The van der Waals surface area contributed by atoms with Crippen molar-refractivity contribution in [1.82, 2.24) is 19.8 Å². The molecule has 0 aliphatic carbocycles. The summed E-state index contributed by atoms with van der Waals surface area (Å²) in [7, 11) is 1.32. The summed E-state index contributed by atoms with van der Waals surface area (Å²) in [4.78, 5) is 60.8. The molecule has 1 N–H and O–H groups in total. The highest BCUT2D eigenvalue weighted by Gasteiger charge is 2.35. The Morgan fingerprint density at radius 1 is 0.686 bits per heavy atom. The number of ether oxygens (including phenoxy) is 3. The van der Waals surface area contributed by atoms with E-state index in [1.807, 2.05) is 66.0 Å². The van der Waals surface area contributed by atoms with E-state index in [0.29, 0.717) is 17.8 Å². The molecule has 2 atom stereocenters. The molecule has 0 aliphatic heterocycles. The molecule has 51 heavy (non-hydrogen) atoms. The van der Waals surface area contributed by atoms with Gasteiger partial charge in [-0.2, -0.15) is 0 Å². The van der Waals surface area contributed by atoms with Crippen LogP contribution in [0.3, 0.4) is 0 Å². The first-order valence-corrected chi connectivity index (χ1v) is 18.1. The zero-order valence-electron chi connectivity index (χ0n) is 30.0. The van der Waals surface area contributed by atoms with Gasteiger partial charge in [-0.15, -0.1) is 22.7 Å². The minimum absolute atomic E-state index is 0.0855. The Balaban J connectivity index is 0.000000276. The number of hydrogen-bond acceptors (Lipinski definition) is 11. The third-order valence-electron chi connectivity index (χ3n) is 6.94. The number of thiazole rings is 2. The number of amides is 2. The molecule has 4 rings (SSSR count). The van der Waals surface area contributed by atoms with Crippen LogP contribution in [0.5, 0.6) is 0 Å². The summed E-state index contributed by atoms with van der Waals surface area (Å²) >= 11 is 2.82. The molecular weight excluding hydrogens is 693 g/mol. The summed E-state index contributed by atoms with van der Waals surface area (Å²) < 4.78 is 15.9. The summed E-state index contributed by atoms with van der Waals surface area (Å²) in [6.07, 6.45) is -0.711. The summed E-state index contributed by atoms with van der Waals surface area (Å²) in [6, 6.07) is 16.9. The molecule has 2 heterocycles. The Morgan fingerprint density at radius 2 is 1.08 bits per heavy atom. The maximum absolute atomic E-state index is 12.8. The first-order valence-electron chi connectivity index (χ1n) is 16.2. The number of aliphatic carboxylic acids is 1. The second kappa shape index (κ2) is 19.0. The Kier molecular flexibility index (Phi) is 15.1. The number of benzene rings is 2. The van der Waals surface area contributed by atoms with Gasteiger partial charge in [0.1, 0.15) is 23.3 Å². The molecule has 0 bridgehead atoms. The molecule has 2 aromatic carbocycles. The molecule has 0 radical (unpaired) electrons. The van der Waals surface area contributed by atoms with Gasteiger partial charge in [-0.3, -0.25) is 9.80 Å². The molecule has 2 amide bonds. The van der Waals surface area contributed by atoms with Crippen LogP contribution in [-0.4, -0.2) is 79.4 Å². The van der Waals surface area contributed by atoms with Crippen LogP contribution in [0.4, 0.5) is 9.59 Å². The van der Waals surface area contributed by atoms with Crippen LogP contribution < -0.4 is 0 Å². The van der Waals surface area contributed by atoms with E-state index < -0.39 is 47.4 Å². The lowest BCUT2D eigenvalue weighted by atomic mass is 10.0. The minimum atomic E-state index is -1.08.